The standard InChI is InChI=1S/C15H14N4O2S/c1-9-4-3-5-11(6-9)15-16-14(18-22-15)12-7-10(2)17-19(12)8-13(20)21/h3-7H,8H2,1-2H3,(H,20,21). The number of carbonyl (C=O) groups is 1. The molecule has 1 N–H and O–H groups in total. The summed E-state index contributed by atoms with van der Waals surface area (Å²) in [5.74, 6) is -0.443. The summed E-state index contributed by atoms with van der Waals surface area (Å²) >= 11 is 1.29. The zero-order valence-electron chi connectivity index (χ0n) is 12.1. The third-order valence-corrected chi connectivity index (χ3v) is 3.87. The topological polar surface area (TPSA) is 80.9 Å². The molecule has 2 aromatic heterocycles. The maximum absolute atomic E-state index is 10.9. The van der Waals surface area contributed by atoms with E-state index in [4.69, 9.17) is 5.11 Å². The van der Waals surface area contributed by atoms with Gasteiger partial charge in [0.15, 0.2) is 5.82 Å². The molecule has 1 aromatic carbocycles. The molecule has 112 valence electrons. The van der Waals surface area contributed by atoms with E-state index in [1.165, 1.54) is 16.2 Å². The number of aryl methyl sites for hydroxylation is 2. The Morgan fingerprint density at radius 1 is 1.32 bits per heavy atom. The molecule has 0 amide bonds. The van der Waals surface area contributed by atoms with Crippen molar-refractivity contribution in [3.8, 4) is 22.1 Å². The Bertz CT molecular complexity index is 838. The number of hydrogen-bond acceptors (Lipinski definition) is 5. The fourth-order valence-corrected chi connectivity index (χ4v) is 2.86. The Balaban J connectivity index is 1.99. The van der Waals surface area contributed by atoms with Gasteiger partial charge in [-0.1, -0.05) is 23.8 Å². The van der Waals surface area contributed by atoms with E-state index >= 15 is 0 Å². The van der Waals surface area contributed by atoms with Crippen LogP contribution in [-0.2, 0) is 11.3 Å². The molecule has 0 radical (unpaired) electrons. The highest BCUT2D eigenvalue weighted by Crippen LogP contribution is 2.26. The van der Waals surface area contributed by atoms with Crippen molar-refractivity contribution in [3.05, 3.63) is 41.6 Å². The van der Waals surface area contributed by atoms with Gasteiger partial charge in [-0.25, -0.2) is 4.98 Å². The van der Waals surface area contributed by atoms with Gasteiger partial charge in [-0.15, -0.1) is 0 Å². The average Bonchev–Trinajstić information content (AvgIpc) is 3.05. The molecule has 0 fully saturated rings. The highest BCUT2D eigenvalue weighted by Gasteiger charge is 2.16. The number of aromatic nitrogens is 4. The van der Waals surface area contributed by atoms with Crippen LogP contribution in [-0.4, -0.2) is 30.2 Å². The number of hydrogen-bond donors (Lipinski definition) is 1. The lowest BCUT2D eigenvalue weighted by Crippen LogP contribution is -2.11. The van der Waals surface area contributed by atoms with Crippen LogP contribution in [0.15, 0.2) is 30.3 Å². The van der Waals surface area contributed by atoms with Crippen LogP contribution in [0.25, 0.3) is 22.1 Å². The van der Waals surface area contributed by atoms with Crippen LogP contribution < -0.4 is 0 Å². The fourth-order valence-electron chi connectivity index (χ4n) is 2.20. The summed E-state index contributed by atoms with van der Waals surface area (Å²) in [4.78, 5) is 15.5. The first-order valence-corrected chi connectivity index (χ1v) is 7.47. The minimum absolute atomic E-state index is 0.206. The van der Waals surface area contributed by atoms with Gasteiger partial charge in [0.1, 0.15) is 17.2 Å². The molecule has 0 saturated heterocycles. The van der Waals surface area contributed by atoms with E-state index in [0.717, 1.165) is 21.8 Å². The van der Waals surface area contributed by atoms with Gasteiger partial charge < -0.3 is 5.11 Å². The van der Waals surface area contributed by atoms with E-state index in [9.17, 15) is 4.79 Å². The molecule has 3 aromatic rings. The van der Waals surface area contributed by atoms with E-state index < -0.39 is 5.97 Å². The normalized spacial score (nSPS) is 10.8. The third-order valence-electron chi connectivity index (χ3n) is 3.11. The number of carboxylic acid groups (broad SMARTS) is 1. The van der Waals surface area contributed by atoms with Gasteiger partial charge in [0, 0.05) is 5.56 Å². The molecular weight excluding hydrogens is 300 g/mol. The molecular formula is C15H14N4O2S. The Morgan fingerprint density at radius 2 is 2.14 bits per heavy atom. The van der Waals surface area contributed by atoms with E-state index in [1.54, 1.807) is 6.07 Å². The van der Waals surface area contributed by atoms with Gasteiger partial charge in [0.05, 0.1) is 5.69 Å². The molecule has 0 atom stereocenters. The molecule has 0 spiro atoms. The van der Waals surface area contributed by atoms with Gasteiger partial charge in [-0.2, -0.15) is 9.47 Å². The van der Waals surface area contributed by atoms with Gasteiger partial charge in [0.2, 0.25) is 0 Å². The molecule has 0 bridgehead atoms. The molecule has 22 heavy (non-hydrogen) atoms. The van der Waals surface area contributed by atoms with Crippen molar-refractivity contribution in [3.63, 3.8) is 0 Å². The van der Waals surface area contributed by atoms with E-state index in [1.807, 2.05) is 38.1 Å². The second-order valence-electron chi connectivity index (χ2n) is 5.01. The molecule has 0 aliphatic carbocycles. The number of carboxylic acids is 1. The predicted molar refractivity (Wildman–Crippen MR) is 83.7 cm³/mol. The maximum Gasteiger partial charge on any atom is 0.325 e. The van der Waals surface area contributed by atoms with Crippen LogP contribution in [0, 0.1) is 13.8 Å². The van der Waals surface area contributed by atoms with Crippen LogP contribution in [0.1, 0.15) is 11.3 Å². The minimum Gasteiger partial charge on any atom is -0.480 e. The summed E-state index contributed by atoms with van der Waals surface area (Å²) in [6.45, 7) is 3.63. The van der Waals surface area contributed by atoms with E-state index in [0.29, 0.717) is 11.5 Å². The molecule has 0 saturated carbocycles. The smallest absolute Gasteiger partial charge is 0.325 e. The quantitative estimate of drug-likeness (QED) is 0.801. The van der Waals surface area contributed by atoms with Crippen LogP contribution >= 0.6 is 11.5 Å². The Labute approximate surface area is 131 Å². The maximum atomic E-state index is 10.9. The summed E-state index contributed by atoms with van der Waals surface area (Å²) < 4.78 is 5.77. The van der Waals surface area contributed by atoms with Crippen molar-refractivity contribution in [2.45, 2.75) is 20.4 Å². The second kappa shape index (κ2) is 5.69. The zero-order valence-corrected chi connectivity index (χ0v) is 13.0. The molecule has 3 rings (SSSR count). The van der Waals surface area contributed by atoms with Crippen molar-refractivity contribution < 1.29 is 9.90 Å². The van der Waals surface area contributed by atoms with Crippen LogP contribution in [0.3, 0.4) is 0 Å². The summed E-state index contributed by atoms with van der Waals surface area (Å²) in [6.07, 6.45) is 0. The van der Waals surface area contributed by atoms with Crippen molar-refractivity contribution in [1.82, 2.24) is 19.1 Å². The Kier molecular flexibility index (Phi) is 3.72. The van der Waals surface area contributed by atoms with Gasteiger partial charge in [-0.3, -0.25) is 9.48 Å². The van der Waals surface area contributed by atoms with Gasteiger partial charge >= 0.3 is 5.97 Å². The SMILES string of the molecule is Cc1cccc(-c2nc(-c3cc(C)nn3CC(=O)O)ns2)c1. The molecule has 0 aliphatic heterocycles. The van der Waals surface area contributed by atoms with Crippen LogP contribution in [0.5, 0.6) is 0 Å². The summed E-state index contributed by atoms with van der Waals surface area (Å²) in [5, 5.41) is 14.0. The monoisotopic (exact) mass is 314 g/mol. The zero-order chi connectivity index (χ0) is 15.7. The van der Waals surface area contributed by atoms with E-state index in [-0.39, 0.29) is 6.54 Å². The summed E-state index contributed by atoms with van der Waals surface area (Å²) in [6, 6.07) is 9.83. The lowest BCUT2D eigenvalue weighted by Gasteiger charge is -2.00. The Hall–Kier alpha value is -2.54. The van der Waals surface area contributed by atoms with Crippen molar-refractivity contribution in [2.75, 3.05) is 0 Å². The first kappa shape index (κ1) is 14.4. The molecule has 0 aliphatic rings. The predicted octanol–water partition coefficient (Wildman–Crippen LogP) is 2.77. The molecule has 7 heteroatoms. The largest absolute Gasteiger partial charge is 0.480 e. The van der Waals surface area contributed by atoms with E-state index in [2.05, 4.69) is 14.5 Å². The van der Waals surface area contributed by atoms with Crippen molar-refractivity contribution >= 4 is 17.5 Å². The number of benzene rings is 1. The fraction of sp³-hybridized carbons (Fsp3) is 0.200. The van der Waals surface area contributed by atoms with Crippen molar-refractivity contribution in [2.24, 2.45) is 0 Å². The molecule has 6 nitrogen and oxygen atoms in total. The van der Waals surface area contributed by atoms with Crippen LogP contribution in [0.4, 0.5) is 0 Å². The minimum atomic E-state index is -0.946. The first-order chi connectivity index (χ1) is 10.5. The highest BCUT2D eigenvalue weighted by molar-refractivity contribution is 7.09. The number of nitrogens with zero attached hydrogens (tertiary/aromatic N) is 4. The number of aliphatic carboxylic acids is 1. The average molecular weight is 314 g/mol. The molecule has 0 unspecified atom stereocenters. The van der Waals surface area contributed by atoms with Gasteiger partial charge in [-0.05, 0) is 37.5 Å². The van der Waals surface area contributed by atoms with Gasteiger partial charge in [0.25, 0.3) is 0 Å². The number of rotatable bonds is 4. The summed E-state index contributed by atoms with van der Waals surface area (Å²) in [5.41, 5.74) is 3.52. The highest BCUT2D eigenvalue weighted by atomic mass is 32.1. The van der Waals surface area contributed by atoms with Crippen LogP contribution in [0.2, 0.25) is 0 Å². The Morgan fingerprint density at radius 3 is 2.86 bits per heavy atom. The third kappa shape index (κ3) is 2.89. The lowest BCUT2D eigenvalue weighted by atomic mass is 10.1. The first-order valence-electron chi connectivity index (χ1n) is 6.70. The summed E-state index contributed by atoms with van der Waals surface area (Å²) in [7, 11) is 0. The molecule has 2 heterocycles. The lowest BCUT2D eigenvalue weighted by molar-refractivity contribution is -0.137. The van der Waals surface area contributed by atoms with Crippen molar-refractivity contribution in [1.29, 1.82) is 0 Å². The second-order valence-corrected chi connectivity index (χ2v) is 5.77.